The van der Waals surface area contributed by atoms with Gasteiger partial charge in [-0.25, -0.2) is 15.0 Å². The third-order valence-corrected chi connectivity index (χ3v) is 11.2. The first-order chi connectivity index (χ1) is 27.8. The van der Waals surface area contributed by atoms with Crippen molar-refractivity contribution in [1.82, 2.24) is 19.5 Å². The van der Waals surface area contributed by atoms with Gasteiger partial charge in [0.15, 0.2) is 17.5 Å². The molecule has 0 aliphatic carbocycles. The number of benzene rings is 9. The van der Waals surface area contributed by atoms with Gasteiger partial charge in [0, 0.05) is 43.6 Å². The quantitative estimate of drug-likeness (QED) is 0.182. The van der Waals surface area contributed by atoms with E-state index in [1.807, 2.05) is 30.3 Å². The molecule has 0 radical (unpaired) electrons. The number of para-hydroxylation sites is 2. The van der Waals surface area contributed by atoms with Crippen LogP contribution >= 0.6 is 0 Å². The number of nitrogens with zero attached hydrogens (tertiary/aromatic N) is 4. The van der Waals surface area contributed by atoms with Crippen LogP contribution in [0.4, 0.5) is 0 Å². The van der Waals surface area contributed by atoms with Gasteiger partial charge in [0.25, 0.3) is 0 Å². The Kier molecular flexibility index (Phi) is 6.56. The zero-order valence-electron chi connectivity index (χ0n) is 30.0. The molecule has 0 atom stereocenters. The summed E-state index contributed by atoms with van der Waals surface area (Å²) in [5, 5.41) is 11.2. The number of aromatic nitrogens is 4. The molecule has 3 heterocycles. The van der Waals surface area contributed by atoms with Crippen molar-refractivity contribution in [3.05, 3.63) is 182 Å². The Bertz CT molecular complexity index is 3540. The van der Waals surface area contributed by atoms with Crippen molar-refractivity contribution in [3.8, 4) is 39.9 Å². The van der Waals surface area contributed by atoms with E-state index in [4.69, 9.17) is 19.4 Å². The molecule has 0 unspecified atom stereocenters. The first-order valence-corrected chi connectivity index (χ1v) is 18.9. The van der Waals surface area contributed by atoms with E-state index in [2.05, 4.69) is 156 Å². The minimum atomic E-state index is 0.601. The standard InChI is InChI=1S/C51H30N4O/c1-2-15-33(16-3-1)49-52-50(35-26-25-31-13-4-5-17-34(31)29-35)54-51(53-49)41-30-40-37-19-9-11-24-45(37)56-48(40)47-38(41)21-12-23-43(47)55-42-22-10-8-20-39(42)46-36-18-7-6-14-32(36)27-28-44(46)55/h1-30H. The highest BCUT2D eigenvalue weighted by molar-refractivity contribution is 6.24. The molecular formula is C51H30N4O. The van der Waals surface area contributed by atoms with E-state index in [0.717, 1.165) is 71.5 Å². The predicted octanol–water partition coefficient (Wildman–Crippen LogP) is 13.3. The first kappa shape index (κ1) is 30.8. The molecule has 0 aliphatic heterocycles. The Morgan fingerprint density at radius 2 is 1.04 bits per heavy atom. The second-order valence-electron chi connectivity index (χ2n) is 14.4. The van der Waals surface area contributed by atoms with Crippen molar-refractivity contribution in [2.75, 3.05) is 0 Å². The van der Waals surface area contributed by atoms with Crippen LogP contribution in [0.1, 0.15) is 0 Å². The van der Waals surface area contributed by atoms with Gasteiger partial charge in [-0.3, -0.25) is 0 Å². The van der Waals surface area contributed by atoms with E-state index in [1.54, 1.807) is 0 Å². The molecule has 0 fully saturated rings. The summed E-state index contributed by atoms with van der Waals surface area (Å²) >= 11 is 0. The van der Waals surface area contributed by atoms with E-state index in [9.17, 15) is 0 Å². The first-order valence-electron chi connectivity index (χ1n) is 18.9. The maximum atomic E-state index is 6.85. The number of furan rings is 1. The molecule has 260 valence electrons. The van der Waals surface area contributed by atoms with Crippen LogP contribution in [0.3, 0.4) is 0 Å². The molecule has 56 heavy (non-hydrogen) atoms. The largest absolute Gasteiger partial charge is 0.455 e. The SMILES string of the molecule is c1ccc(-c2nc(-c3ccc4ccccc4c3)nc(-c3cc4c5ccccc5oc4c4c(-n5c6ccccc6c6c7ccccc7ccc65)cccc34)n2)cc1. The summed E-state index contributed by atoms with van der Waals surface area (Å²) in [5.74, 6) is 1.84. The molecule has 0 spiro atoms. The second-order valence-corrected chi connectivity index (χ2v) is 14.4. The summed E-state index contributed by atoms with van der Waals surface area (Å²) in [5.41, 5.74) is 7.73. The fraction of sp³-hybridized carbons (Fsp3) is 0. The maximum absolute atomic E-state index is 6.85. The van der Waals surface area contributed by atoms with Gasteiger partial charge in [0.2, 0.25) is 0 Å². The summed E-state index contributed by atoms with van der Waals surface area (Å²) in [6, 6.07) is 63.8. The highest BCUT2D eigenvalue weighted by atomic mass is 16.3. The van der Waals surface area contributed by atoms with Crippen LogP contribution < -0.4 is 0 Å². The van der Waals surface area contributed by atoms with Crippen molar-refractivity contribution in [2.24, 2.45) is 0 Å². The van der Waals surface area contributed by atoms with E-state index in [1.165, 1.54) is 26.9 Å². The van der Waals surface area contributed by atoms with Crippen molar-refractivity contribution < 1.29 is 4.42 Å². The third-order valence-electron chi connectivity index (χ3n) is 11.2. The molecule has 12 rings (SSSR count). The van der Waals surface area contributed by atoms with Crippen molar-refractivity contribution in [2.45, 2.75) is 0 Å². The summed E-state index contributed by atoms with van der Waals surface area (Å²) in [4.78, 5) is 15.6. The monoisotopic (exact) mass is 714 g/mol. The van der Waals surface area contributed by atoms with Crippen molar-refractivity contribution in [3.63, 3.8) is 0 Å². The summed E-state index contributed by atoms with van der Waals surface area (Å²) in [7, 11) is 0. The molecule has 3 aromatic heterocycles. The molecule has 0 saturated carbocycles. The summed E-state index contributed by atoms with van der Waals surface area (Å²) < 4.78 is 9.25. The molecular weight excluding hydrogens is 685 g/mol. The number of rotatable bonds is 4. The molecule has 0 amide bonds. The van der Waals surface area contributed by atoms with Gasteiger partial charge in [-0.1, -0.05) is 146 Å². The normalized spacial score (nSPS) is 11.9. The summed E-state index contributed by atoms with van der Waals surface area (Å²) in [6.45, 7) is 0. The zero-order chi connectivity index (χ0) is 36.7. The minimum Gasteiger partial charge on any atom is -0.455 e. The highest BCUT2D eigenvalue weighted by Crippen LogP contribution is 2.44. The molecule has 5 nitrogen and oxygen atoms in total. The van der Waals surface area contributed by atoms with Gasteiger partial charge >= 0.3 is 0 Å². The number of hydrogen-bond acceptors (Lipinski definition) is 4. The van der Waals surface area contributed by atoms with Crippen LogP contribution in [-0.4, -0.2) is 19.5 Å². The Morgan fingerprint density at radius 1 is 0.375 bits per heavy atom. The van der Waals surface area contributed by atoms with E-state index < -0.39 is 0 Å². The Morgan fingerprint density at radius 3 is 1.91 bits per heavy atom. The smallest absolute Gasteiger partial charge is 0.164 e. The maximum Gasteiger partial charge on any atom is 0.164 e. The minimum absolute atomic E-state index is 0.601. The van der Waals surface area contributed by atoms with Crippen LogP contribution in [0.2, 0.25) is 0 Å². The molecule has 0 aliphatic rings. The van der Waals surface area contributed by atoms with E-state index in [0.29, 0.717) is 17.5 Å². The van der Waals surface area contributed by atoms with Gasteiger partial charge in [-0.2, -0.15) is 0 Å². The van der Waals surface area contributed by atoms with Gasteiger partial charge in [0.1, 0.15) is 11.2 Å². The van der Waals surface area contributed by atoms with Crippen LogP contribution in [0.5, 0.6) is 0 Å². The second kappa shape index (κ2) is 11.9. The Labute approximate surface area is 320 Å². The van der Waals surface area contributed by atoms with Crippen molar-refractivity contribution in [1.29, 1.82) is 0 Å². The van der Waals surface area contributed by atoms with E-state index in [-0.39, 0.29) is 0 Å². The lowest BCUT2D eigenvalue weighted by Gasteiger charge is -2.15. The van der Waals surface area contributed by atoms with E-state index >= 15 is 0 Å². The van der Waals surface area contributed by atoms with Gasteiger partial charge in [-0.15, -0.1) is 0 Å². The summed E-state index contributed by atoms with van der Waals surface area (Å²) in [6.07, 6.45) is 0. The molecule has 0 saturated heterocycles. The van der Waals surface area contributed by atoms with Crippen LogP contribution in [0, 0.1) is 0 Å². The zero-order valence-corrected chi connectivity index (χ0v) is 30.0. The van der Waals surface area contributed by atoms with Crippen LogP contribution in [0.15, 0.2) is 186 Å². The number of hydrogen-bond donors (Lipinski definition) is 0. The van der Waals surface area contributed by atoms with Gasteiger partial charge in [-0.05, 0) is 63.3 Å². The Balaban J connectivity index is 1.21. The predicted molar refractivity (Wildman–Crippen MR) is 230 cm³/mol. The molecule has 12 aromatic rings. The third kappa shape index (κ3) is 4.58. The molecule has 0 bridgehead atoms. The van der Waals surface area contributed by atoms with Gasteiger partial charge in [0.05, 0.1) is 16.7 Å². The fourth-order valence-corrected chi connectivity index (χ4v) is 8.66. The van der Waals surface area contributed by atoms with Crippen LogP contribution in [0.25, 0.3) is 116 Å². The molecule has 5 heteroatoms. The lowest BCUT2D eigenvalue weighted by molar-refractivity contribution is 0.672. The van der Waals surface area contributed by atoms with Crippen LogP contribution in [-0.2, 0) is 0 Å². The Hall–Kier alpha value is -7.63. The number of fused-ring (bicyclic) bond motifs is 11. The average Bonchev–Trinajstić information content (AvgIpc) is 3.82. The molecule has 0 N–H and O–H groups in total. The average molecular weight is 715 g/mol. The lowest BCUT2D eigenvalue weighted by Crippen LogP contribution is -2.01. The van der Waals surface area contributed by atoms with Crippen molar-refractivity contribution >= 4 is 76.1 Å². The molecule has 9 aromatic carbocycles. The lowest BCUT2D eigenvalue weighted by atomic mass is 9.98. The van der Waals surface area contributed by atoms with Gasteiger partial charge < -0.3 is 8.98 Å². The topological polar surface area (TPSA) is 56.7 Å². The fourth-order valence-electron chi connectivity index (χ4n) is 8.66. The highest BCUT2D eigenvalue weighted by Gasteiger charge is 2.23.